The molecule has 2 atom stereocenters. The van der Waals surface area contributed by atoms with Crippen molar-refractivity contribution < 1.29 is 19.5 Å². The molecule has 7 heteroatoms. The molecule has 0 bridgehead atoms. The van der Waals surface area contributed by atoms with Crippen LogP contribution in [-0.2, 0) is 9.59 Å². The SMILES string of the molecule is CC(=O)Nc1ccc(C(=O)N[C@H](C[C@H](C)C#N)C(=O)O)cc1. The average molecular weight is 303 g/mol. The Hall–Kier alpha value is -2.88. The molecule has 0 unspecified atom stereocenters. The lowest BCUT2D eigenvalue weighted by Gasteiger charge is -2.15. The summed E-state index contributed by atoms with van der Waals surface area (Å²) in [6, 6.07) is 6.86. The van der Waals surface area contributed by atoms with Gasteiger partial charge in [0.1, 0.15) is 6.04 Å². The molecule has 0 saturated carbocycles. The maximum atomic E-state index is 12.0. The van der Waals surface area contributed by atoms with Crippen LogP contribution in [-0.4, -0.2) is 28.9 Å². The van der Waals surface area contributed by atoms with Gasteiger partial charge in [-0.25, -0.2) is 4.79 Å². The number of benzene rings is 1. The van der Waals surface area contributed by atoms with Crippen LogP contribution in [0.1, 0.15) is 30.6 Å². The number of hydrogen-bond acceptors (Lipinski definition) is 4. The van der Waals surface area contributed by atoms with Gasteiger partial charge in [0.25, 0.3) is 5.91 Å². The van der Waals surface area contributed by atoms with Crippen molar-refractivity contribution in [3.63, 3.8) is 0 Å². The number of nitrogens with zero attached hydrogens (tertiary/aromatic N) is 1. The third-order valence-corrected chi connectivity index (χ3v) is 2.88. The van der Waals surface area contributed by atoms with Gasteiger partial charge in [-0.2, -0.15) is 5.26 Å². The van der Waals surface area contributed by atoms with Gasteiger partial charge in [0.2, 0.25) is 5.91 Å². The third kappa shape index (κ3) is 5.25. The van der Waals surface area contributed by atoms with Gasteiger partial charge in [0.15, 0.2) is 0 Å². The third-order valence-electron chi connectivity index (χ3n) is 2.88. The van der Waals surface area contributed by atoms with Gasteiger partial charge >= 0.3 is 5.97 Å². The number of hydrogen-bond donors (Lipinski definition) is 3. The van der Waals surface area contributed by atoms with Crippen LogP contribution in [0.3, 0.4) is 0 Å². The van der Waals surface area contributed by atoms with E-state index in [1.807, 2.05) is 6.07 Å². The normalized spacial score (nSPS) is 12.6. The zero-order chi connectivity index (χ0) is 16.7. The zero-order valence-electron chi connectivity index (χ0n) is 12.3. The molecular weight excluding hydrogens is 286 g/mol. The molecule has 0 heterocycles. The van der Waals surface area contributed by atoms with E-state index in [2.05, 4.69) is 10.6 Å². The highest BCUT2D eigenvalue weighted by molar-refractivity contribution is 5.97. The highest BCUT2D eigenvalue weighted by Gasteiger charge is 2.23. The van der Waals surface area contributed by atoms with Gasteiger partial charge in [-0.05, 0) is 37.6 Å². The Morgan fingerprint density at radius 2 is 1.86 bits per heavy atom. The summed E-state index contributed by atoms with van der Waals surface area (Å²) in [6.45, 7) is 2.96. The number of carboxylic acid groups (broad SMARTS) is 1. The summed E-state index contributed by atoms with van der Waals surface area (Å²) in [6.07, 6.45) is 0.0293. The second kappa shape index (κ2) is 7.78. The van der Waals surface area contributed by atoms with E-state index >= 15 is 0 Å². The number of amides is 2. The van der Waals surface area contributed by atoms with E-state index in [1.54, 1.807) is 19.1 Å². The molecule has 1 rings (SSSR count). The summed E-state index contributed by atoms with van der Waals surface area (Å²) >= 11 is 0. The number of carboxylic acids is 1. The van der Waals surface area contributed by atoms with Gasteiger partial charge in [0, 0.05) is 24.1 Å². The fraction of sp³-hybridized carbons (Fsp3) is 0.333. The quantitative estimate of drug-likeness (QED) is 0.733. The van der Waals surface area contributed by atoms with Crippen molar-refractivity contribution in [1.82, 2.24) is 5.32 Å². The van der Waals surface area contributed by atoms with Crippen molar-refractivity contribution in [2.75, 3.05) is 5.32 Å². The minimum atomic E-state index is -1.19. The summed E-state index contributed by atoms with van der Waals surface area (Å²) in [5.74, 6) is -2.45. The molecule has 116 valence electrons. The van der Waals surface area contributed by atoms with Crippen LogP contribution in [0.15, 0.2) is 24.3 Å². The molecule has 0 aliphatic carbocycles. The largest absolute Gasteiger partial charge is 0.480 e. The first kappa shape index (κ1) is 17.2. The van der Waals surface area contributed by atoms with Gasteiger partial charge in [-0.3, -0.25) is 9.59 Å². The number of nitriles is 1. The Bertz CT molecular complexity index is 604. The summed E-state index contributed by atoms with van der Waals surface area (Å²) in [4.78, 5) is 34.0. The molecule has 0 spiro atoms. The molecule has 0 saturated heterocycles. The molecule has 3 N–H and O–H groups in total. The van der Waals surface area contributed by atoms with E-state index in [0.29, 0.717) is 5.69 Å². The summed E-state index contributed by atoms with van der Waals surface area (Å²) in [7, 11) is 0. The topological polar surface area (TPSA) is 119 Å². The molecule has 0 aromatic heterocycles. The summed E-state index contributed by atoms with van der Waals surface area (Å²) < 4.78 is 0. The Morgan fingerprint density at radius 1 is 1.27 bits per heavy atom. The average Bonchev–Trinajstić information content (AvgIpc) is 2.46. The van der Waals surface area contributed by atoms with Gasteiger partial charge < -0.3 is 15.7 Å². The molecule has 0 radical (unpaired) electrons. The van der Waals surface area contributed by atoms with Crippen molar-refractivity contribution >= 4 is 23.5 Å². The van der Waals surface area contributed by atoms with E-state index < -0.39 is 23.8 Å². The van der Waals surface area contributed by atoms with E-state index in [4.69, 9.17) is 10.4 Å². The van der Waals surface area contributed by atoms with Crippen molar-refractivity contribution in [3.8, 4) is 6.07 Å². The summed E-state index contributed by atoms with van der Waals surface area (Å²) in [5, 5.41) is 22.8. The number of aliphatic carboxylic acids is 1. The molecule has 22 heavy (non-hydrogen) atoms. The Balaban J connectivity index is 2.75. The van der Waals surface area contributed by atoms with E-state index in [9.17, 15) is 14.4 Å². The first-order valence-corrected chi connectivity index (χ1v) is 6.64. The molecule has 1 aromatic rings. The molecule has 0 aliphatic heterocycles. The Kier molecular flexibility index (Phi) is 6.08. The fourth-order valence-electron chi connectivity index (χ4n) is 1.78. The Labute approximate surface area is 127 Å². The highest BCUT2D eigenvalue weighted by atomic mass is 16.4. The van der Waals surface area contributed by atoms with Gasteiger partial charge in [-0.1, -0.05) is 0 Å². The molecular formula is C15H17N3O4. The van der Waals surface area contributed by atoms with Crippen molar-refractivity contribution in [2.45, 2.75) is 26.3 Å². The van der Waals surface area contributed by atoms with Crippen LogP contribution in [0.2, 0.25) is 0 Å². The van der Waals surface area contributed by atoms with E-state index in [1.165, 1.54) is 19.1 Å². The molecule has 1 aromatic carbocycles. The van der Waals surface area contributed by atoms with Crippen LogP contribution in [0.4, 0.5) is 5.69 Å². The zero-order valence-corrected chi connectivity index (χ0v) is 12.3. The van der Waals surface area contributed by atoms with E-state index in [0.717, 1.165) is 0 Å². The number of carbonyl (C=O) groups excluding carboxylic acids is 2. The monoisotopic (exact) mass is 303 g/mol. The number of anilines is 1. The maximum absolute atomic E-state index is 12.0. The molecule has 7 nitrogen and oxygen atoms in total. The smallest absolute Gasteiger partial charge is 0.326 e. The fourth-order valence-corrected chi connectivity index (χ4v) is 1.78. The maximum Gasteiger partial charge on any atom is 0.326 e. The van der Waals surface area contributed by atoms with Crippen LogP contribution in [0.25, 0.3) is 0 Å². The number of carbonyl (C=O) groups is 3. The minimum Gasteiger partial charge on any atom is -0.480 e. The molecule has 2 amide bonds. The minimum absolute atomic E-state index is 0.0293. The Morgan fingerprint density at radius 3 is 2.32 bits per heavy atom. The van der Waals surface area contributed by atoms with Crippen LogP contribution in [0, 0.1) is 17.2 Å². The number of nitrogens with one attached hydrogen (secondary N) is 2. The van der Waals surface area contributed by atoms with E-state index in [-0.39, 0.29) is 17.9 Å². The lowest BCUT2D eigenvalue weighted by atomic mass is 10.0. The predicted molar refractivity (Wildman–Crippen MR) is 79.0 cm³/mol. The summed E-state index contributed by atoms with van der Waals surface area (Å²) in [5.41, 5.74) is 0.807. The second-order valence-electron chi connectivity index (χ2n) is 4.89. The van der Waals surface area contributed by atoms with Crippen LogP contribution >= 0.6 is 0 Å². The molecule has 0 aliphatic rings. The molecule has 0 fully saturated rings. The lowest BCUT2D eigenvalue weighted by molar-refractivity contribution is -0.139. The second-order valence-corrected chi connectivity index (χ2v) is 4.89. The highest BCUT2D eigenvalue weighted by Crippen LogP contribution is 2.11. The van der Waals surface area contributed by atoms with Gasteiger partial charge in [0.05, 0.1) is 6.07 Å². The van der Waals surface area contributed by atoms with Crippen LogP contribution in [0.5, 0.6) is 0 Å². The van der Waals surface area contributed by atoms with Crippen molar-refractivity contribution in [1.29, 1.82) is 5.26 Å². The van der Waals surface area contributed by atoms with Crippen molar-refractivity contribution in [2.24, 2.45) is 5.92 Å². The van der Waals surface area contributed by atoms with Crippen molar-refractivity contribution in [3.05, 3.63) is 29.8 Å². The number of rotatable bonds is 6. The predicted octanol–water partition coefficient (Wildman–Crippen LogP) is 1.38. The standard InChI is InChI=1S/C15H17N3O4/c1-9(8-16)7-13(15(21)22)18-14(20)11-3-5-12(6-4-11)17-10(2)19/h3-6,9,13H,7H2,1-2H3,(H,17,19)(H,18,20)(H,21,22)/t9-,13+/m0/s1. The van der Waals surface area contributed by atoms with Gasteiger partial charge in [-0.15, -0.1) is 0 Å². The lowest BCUT2D eigenvalue weighted by Crippen LogP contribution is -2.41. The first-order chi connectivity index (χ1) is 10.3. The first-order valence-electron chi connectivity index (χ1n) is 6.64. The van der Waals surface area contributed by atoms with Crippen LogP contribution < -0.4 is 10.6 Å².